The lowest BCUT2D eigenvalue weighted by Gasteiger charge is -2.08. The Morgan fingerprint density at radius 3 is 2.07 bits per heavy atom. The van der Waals surface area contributed by atoms with Crippen molar-refractivity contribution in [1.82, 2.24) is 4.98 Å². The van der Waals surface area contributed by atoms with Gasteiger partial charge in [0.25, 0.3) is 0 Å². The number of pyridine rings is 1. The second-order valence-corrected chi connectivity index (χ2v) is 6.05. The van der Waals surface area contributed by atoms with Gasteiger partial charge < -0.3 is 10.1 Å². The molecule has 1 heterocycles. The summed E-state index contributed by atoms with van der Waals surface area (Å²) >= 11 is 0. The lowest BCUT2D eigenvalue weighted by atomic mass is 10.1. The quantitative estimate of drug-likeness (QED) is 0.654. The molecule has 3 aromatic rings. The van der Waals surface area contributed by atoms with Gasteiger partial charge in [0, 0.05) is 0 Å². The molecule has 136 valence electrons. The van der Waals surface area contributed by atoms with Gasteiger partial charge in [-0.1, -0.05) is 66.7 Å². The minimum Gasteiger partial charge on any atom is -0.459 e. The molecule has 3 rings (SSSR count). The van der Waals surface area contributed by atoms with Gasteiger partial charge in [-0.05, 0) is 23.3 Å². The Hall–Kier alpha value is -3.47. The van der Waals surface area contributed by atoms with Gasteiger partial charge in [0.1, 0.15) is 12.4 Å². The van der Waals surface area contributed by atoms with E-state index in [1.165, 1.54) is 0 Å². The molecule has 0 unspecified atom stereocenters. The van der Waals surface area contributed by atoms with E-state index < -0.39 is 0 Å². The average molecular weight is 360 g/mol. The molecule has 1 N–H and O–H groups in total. The van der Waals surface area contributed by atoms with E-state index in [-0.39, 0.29) is 31.3 Å². The number of benzene rings is 2. The highest BCUT2D eigenvalue weighted by atomic mass is 16.5. The Kier molecular flexibility index (Phi) is 6.30. The first-order valence-electron chi connectivity index (χ1n) is 8.68. The Morgan fingerprint density at radius 2 is 1.41 bits per heavy atom. The van der Waals surface area contributed by atoms with Crippen molar-refractivity contribution in [2.24, 2.45) is 0 Å². The Balaban J connectivity index is 1.51. The van der Waals surface area contributed by atoms with Crippen LogP contribution in [0.2, 0.25) is 0 Å². The molecule has 0 aliphatic heterocycles. The zero-order chi connectivity index (χ0) is 18.9. The monoisotopic (exact) mass is 360 g/mol. The van der Waals surface area contributed by atoms with Gasteiger partial charge >= 0.3 is 5.97 Å². The van der Waals surface area contributed by atoms with Crippen LogP contribution in [-0.4, -0.2) is 16.9 Å². The Labute approximate surface area is 158 Å². The van der Waals surface area contributed by atoms with E-state index in [9.17, 15) is 9.59 Å². The molecule has 0 saturated carbocycles. The van der Waals surface area contributed by atoms with Crippen LogP contribution in [-0.2, 0) is 33.8 Å². The lowest BCUT2D eigenvalue weighted by Crippen LogP contribution is -2.16. The molecule has 0 spiro atoms. The van der Waals surface area contributed by atoms with E-state index in [2.05, 4.69) is 10.3 Å². The first-order chi connectivity index (χ1) is 13.2. The summed E-state index contributed by atoms with van der Waals surface area (Å²) in [7, 11) is 0. The van der Waals surface area contributed by atoms with Gasteiger partial charge in [0.2, 0.25) is 5.91 Å². The molecule has 1 amide bonds. The van der Waals surface area contributed by atoms with Crippen molar-refractivity contribution < 1.29 is 14.3 Å². The van der Waals surface area contributed by atoms with E-state index in [1.54, 1.807) is 18.2 Å². The number of amides is 1. The maximum Gasteiger partial charge on any atom is 0.310 e. The van der Waals surface area contributed by atoms with Crippen molar-refractivity contribution in [1.29, 1.82) is 0 Å². The fraction of sp³-hybridized carbons (Fsp3) is 0.136. The van der Waals surface area contributed by atoms with Gasteiger partial charge in [-0.2, -0.15) is 0 Å². The second kappa shape index (κ2) is 9.29. The number of rotatable bonds is 7. The summed E-state index contributed by atoms with van der Waals surface area (Å²) in [6, 6.07) is 24.1. The van der Waals surface area contributed by atoms with Crippen LogP contribution in [0.5, 0.6) is 0 Å². The molecule has 0 saturated heterocycles. The van der Waals surface area contributed by atoms with Crippen molar-refractivity contribution in [3.8, 4) is 0 Å². The predicted molar refractivity (Wildman–Crippen MR) is 103 cm³/mol. The summed E-state index contributed by atoms with van der Waals surface area (Å²) in [6.45, 7) is 0.0636. The minimum atomic E-state index is -0.318. The third-order valence-electron chi connectivity index (χ3n) is 3.85. The fourth-order valence-corrected chi connectivity index (χ4v) is 2.57. The maximum atomic E-state index is 12.1. The van der Waals surface area contributed by atoms with Crippen molar-refractivity contribution in [3.63, 3.8) is 0 Å². The van der Waals surface area contributed by atoms with Gasteiger partial charge in [-0.3, -0.25) is 9.59 Å². The van der Waals surface area contributed by atoms with E-state index in [1.807, 2.05) is 60.7 Å². The van der Waals surface area contributed by atoms with Crippen LogP contribution in [0, 0.1) is 0 Å². The molecule has 0 aliphatic rings. The highest BCUT2D eigenvalue weighted by Gasteiger charge is 2.08. The second-order valence-electron chi connectivity index (χ2n) is 6.05. The van der Waals surface area contributed by atoms with Crippen LogP contribution in [0.25, 0.3) is 0 Å². The molecule has 0 fully saturated rings. The van der Waals surface area contributed by atoms with Crippen molar-refractivity contribution in [2.75, 3.05) is 5.32 Å². The number of hydrogen-bond acceptors (Lipinski definition) is 4. The number of anilines is 1. The topological polar surface area (TPSA) is 68.3 Å². The van der Waals surface area contributed by atoms with Gasteiger partial charge in [0.15, 0.2) is 0 Å². The van der Waals surface area contributed by atoms with Crippen molar-refractivity contribution >= 4 is 17.7 Å². The van der Waals surface area contributed by atoms with Crippen LogP contribution in [0.4, 0.5) is 5.82 Å². The smallest absolute Gasteiger partial charge is 0.310 e. The molecule has 0 atom stereocenters. The first-order valence-corrected chi connectivity index (χ1v) is 8.68. The summed E-state index contributed by atoms with van der Waals surface area (Å²) in [6.07, 6.45) is 0.493. The number of nitrogens with zero attached hydrogens (tertiary/aromatic N) is 1. The largest absolute Gasteiger partial charge is 0.459 e. The van der Waals surface area contributed by atoms with E-state index in [0.717, 1.165) is 11.1 Å². The Bertz CT molecular complexity index is 896. The number of ether oxygens (including phenoxy) is 1. The Morgan fingerprint density at radius 1 is 0.778 bits per heavy atom. The highest BCUT2D eigenvalue weighted by Crippen LogP contribution is 2.09. The number of nitrogens with one attached hydrogen (secondary N) is 1. The lowest BCUT2D eigenvalue weighted by molar-refractivity contribution is -0.144. The van der Waals surface area contributed by atoms with Crippen LogP contribution >= 0.6 is 0 Å². The maximum absolute atomic E-state index is 12.1. The van der Waals surface area contributed by atoms with Crippen LogP contribution < -0.4 is 5.32 Å². The van der Waals surface area contributed by atoms with Crippen LogP contribution in [0.3, 0.4) is 0 Å². The average Bonchev–Trinajstić information content (AvgIpc) is 2.68. The molecular formula is C22H20N2O3. The zero-order valence-electron chi connectivity index (χ0n) is 14.8. The number of hydrogen-bond donors (Lipinski definition) is 1. The summed E-state index contributed by atoms with van der Waals surface area (Å²) in [5.74, 6) is -0.0269. The molecule has 0 bridgehead atoms. The molecule has 0 aliphatic carbocycles. The van der Waals surface area contributed by atoms with Crippen molar-refractivity contribution in [2.45, 2.75) is 19.4 Å². The number of aromatic nitrogens is 1. The molecule has 5 heteroatoms. The molecule has 2 aromatic carbocycles. The predicted octanol–water partition coefficient (Wildman–Crippen LogP) is 3.55. The standard InChI is InChI=1S/C22H20N2O3/c25-21(14-17-8-3-1-4-9-17)24-20-13-7-12-19(23-20)16-27-22(26)15-18-10-5-2-6-11-18/h1-13H,14-16H2,(H,23,24,25). The molecule has 5 nitrogen and oxygen atoms in total. The van der Waals surface area contributed by atoms with E-state index >= 15 is 0 Å². The normalized spacial score (nSPS) is 10.2. The zero-order valence-corrected chi connectivity index (χ0v) is 14.8. The summed E-state index contributed by atoms with van der Waals surface area (Å²) in [4.78, 5) is 28.4. The van der Waals surface area contributed by atoms with E-state index in [4.69, 9.17) is 4.74 Å². The first kappa shape index (κ1) is 18.3. The number of carbonyl (C=O) groups is 2. The number of esters is 1. The molecule has 1 aromatic heterocycles. The third kappa shape index (κ3) is 6.08. The van der Waals surface area contributed by atoms with E-state index in [0.29, 0.717) is 11.5 Å². The molecular weight excluding hydrogens is 340 g/mol. The van der Waals surface area contributed by atoms with Gasteiger partial charge in [-0.25, -0.2) is 4.98 Å². The summed E-state index contributed by atoms with van der Waals surface area (Å²) in [5, 5.41) is 2.77. The number of carbonyl (C=O) groups excluding carboxylic acids is 2. The van der Waals surface area contributed by atoms with Gasteiger partial charge in [0.05, 0.1) is 18.5 Å². The minimum absolute atomic E-state index is 0.0636. The van der Waals surface area contributed by atoms with Crippen LogP contribution in [0.1, 0.15) is 16.8 Å². The van der Waals surface area contributed by atoms with Crippen LogP contribution in [0.15, 0.2) is 78.9 Å². The molecule has 27 heavy (non-hydrogen) atoms. The summed E-state index contributed by atoms with van der Waals surface area (Å²) in [5.41, 5.74) is 2.41. The molecule has 0 radical (unpaired) electrons. The van der Waals surface area contributed by atoms with Crippen molar-refractivity contribution in [3.05, 3.63) is 95.7 Å². The summed E-state index contributed by atoms with van der Waals surface area (Å²) < 4.78 is 5.27. The SMILES string of the molecule is O=C(Cc1ccccc1)Nc1cccc(COC(=O)Cc2ccccc2)n1. The van der Waals surface area contributed by atoms with Gasteiger partial charge in [-0.15, -0.1) is 0 Å². The third-order valence-corrected chi connectivity index (χ3v) is 3.85. The highest BCUT2D eigenvalue weighted by molar-refractivity contribution is 5.91. The fourth-order valence-electron chi connectivity index (χ4n) is 2.57.